The van der Waals surface area contributed by atoms with Gasteiger partial charge >= 0.3 is 0 Å². The lowest BCUT2D eigenvalue weighted by Crippen LogP contribution is -2.30. The summed E-state index contributed by atoms with van der Waals surface area (Å²) in [7, 11) is 1.75. The van der Waals surface area contributed by atoms with E-state index in [0.717, 1.165) is 11.3 Å². The van der Waals surface area contributed by atoms with Crippen LogP contribution in [0.1, 0.15) is 12.5 Å². The Hall–Kier alpha value is -3.04. The second-order valence-electron chi connectivity index (χ2n) is 3.99. The normalized spacial score (nSPS) is 9.00. The highest BCUT2D eigenvalue weighted by atomic mass is 16.9. The van der Waals surface area contributed by atoms with Gasteiger partial charge in [0.05, 0.1) is 6.61 Å². The van der Waals surface area contributed by atoms with E-state index < -0.39 is 5.09 Å². The number of ether oxygens (including phenoxy) is 1. The maximum atomic E-state index is 8.36. The van der Waals surface area contributed by atoms with Crippen LogP contribution in [0.15, 0.2) is 29.3 Å². The van der Waals surface area contributed by atoms with Crippen molar-refractivity contribution in [1.82, 2.24) is 4.90 Å². The molecule has 0 spiro atoms. The van der Waals surface area contributed by atoms with Gasteiger partial charge in [0, 0.05) is 19.2 Å². The molecule has 1 aromatic carbocycles. The Morgan fingerprint density at radius 1 is 1.50 bits per heavy atom. The predicted molar refractivity (Wildman–Crippen MR) is 81.4 cm³/mol. The summed E-state index contributed by atoms with van der Waals surface area (Å²) in [5.41, 5.74) is 11.5. The maximum absolute atomic E-state index is 8.36. The van der Waals surface area contributed by atoms with Gasteiger partial charge in [-0.3, -0.25) is 5.41 Å². The van der Waals surface area contributed by atoms with E-state index >= 15 is 0 Å². The number of guanidine groups is 2. The van der Waals surface area contributed by atoms with E-state index in [2.05, 4.69) is 4.99 Å². The van der Waals surface area contributed by atoms with Crippen molar-refractivity contribution >= 4 is 11.9 Å². The molecule has 0 unspecified atom stereocenters. The number of rotatable bonds is 4. The minimum atomic E-state index is -1.50. The van der Waals surface area contributed by atoms with E-state index in [9.17, 15) is 0 Å². The first-order valence-electron chi connectivity index (χ1n) is 6.21. The average Bonchev–Trinajstić information content (AvgIpc) is 2.39. The monoisotopic (exact) mass is 312 g/mol. The SMILES string of the molecule is CCOc1ccccc1CN(C)C(=N)N=C(N)N.O=[N+]([O-])O. The van der Waals surface area contributed by atoms with Crippen LogP contribution in [0.2, 0.25) is 0 Å². The second-order valence-corrected chi connectivity index (χ2v) is 3.99. The summed E-state index contributed by atoms with van der Waals surface area (Å²) in [6, 6.07) is 7.69. The van der Waals surface area contributed by atoms with Gasteiger partial charge in [-0.1, -0.05) is 18.2 Å². The van der Waals surface area contributed by atoms with Gasteiger partial charge in [0.15, 0.2) is 5.96 Å². The van der Waals surface area contributed by atoms with Gasteiger partial charge in [-0.25, -0.2) is 0 Å². The van der Waals surface area contributed by atoms with Gasteiger partial charge in [-0.2, -0.15) is 4.99 Å². The molecule has 0 fully saturated rings. The van der Waals surface area contributed by atoms with Crippen LogP contribution in [0, 0.1) is 15.5 Å². The minimum absolute atomic E-state index is 0.0151. The highest BCUT2D eigenvalue weighted by Gasteiger charge is 2.08. The van der Waals surface area contributed by atoms with Crippen LogP contribution in [0.25, 0.3) is 0 Å². The van der Waals surface area contributed by atoms with E-state index in [4.69, 9.17) is 36.9 Å². The molecule has 122 valence electrons. The smallest absolute Gasteiger partial charge is 0.291 e. The fourth-order valence-corrected chi connectivity index (χ4v) is 1.47. The van der Waals surface area contributed by atoms with Crippen molar-refractivity contribution in [3.8, 4) is 5.75 Å². The second kappa shape index (κ2) is 9.80. The predicted octanol–water partition coefficient (Wildman–Crippen LogP) is 0.378. The molecule has 0 aliphatic rings. The zero-order valence-corrected chi connectivity index (χ0v) is 12.4. The molecule has 0 bridgehead atoms. The quantitative estimate of drug-likeness (QED) is 0.270. The first-order valence-corrected chi connectivity index (χ1v) is 6.21. The van der Waals surface area contributed by atoms with E-state index in [-0.39, 0.29) is 11.9 Å². The molecule has 0 radical (unpaired) electrons. The molecule has 0 aromatic heterocycles. The first kappa shape index (κ1) is 19.0. The van der Waals surface area contributed by atoms with Crippen molar-refractivity contribution in [3.05, 3.63) is 39.9 Å². The number of hydrogen-bond donors (Lipinski definition) is 4. The largest absolute Gasteiger partial charge is 0.494 e. The topological polar surface area (TPSA) is 164 Å². The molecular formula is C12H20N6O4. The van der Waals surface area contributed by atoms with Gasteiger partial charge < -0.3 is 26.3 Å². The molecule has 0 amide bonds. The molecule has 0 heterocycles. The van der Waals surface area contributed by atoms with Crippen molar-refractivity contribution < 1.29 is 15.0 Å². The molecule has 0 saturated heterocycles. The molecule has 1 rings (SSSR count). The van der Waals surface area contributed by atoms with E-state index in [1.165, 1.54) is 0 Å². The Labute approximate surface area is 127 Å². The fourth-order valence-electron chi connectivity index (χ4n) is 1.47. The van der Waals surface area contributed by atoms with Crippen LogP contribution >= 0.6 is 0 Å². The standard InChI is InChI=1S/C12H19N5O.HNO3/c1-3-18-10-7-5-4-6-9(10)8-17(2)12(15)16-11(13)14;2-1(3)4/h4-7H,3,8H2,1-2H3,(H5,13,14,15,16);(H,2,3,4). The molecule has 22 heavy (non-hydrogen) atoms. The first-order chi connectivity index (χ1) is 10.3. The summed E-state index contributed by atoms with van der Waals surface area (Å²) >= 11 is 0. The number of nitrogens with one attached hydrogen (secondary N) is 1. The van der Waals surface area contributed by atoms with Crippen molar-refractivity contribution in [1.29, 1.82) is 5.41 Å². The Morgan fingerprint density at radius 3 is 2.55 bits per heavy atom. The highest BCUT2D eigenvalue weighted by Crippen LogP contribution is 2.19. The zero-order valence-electron chi connectivity index (χ0n) is 12.4. The van der Waals surface area contributed by atoms with Crippen molar-refractivity contribution in [3.63, 3.8) is 0 Å². The average molecular weight is 312 g/mol. The summed E-state index contributed by atoms with van der Waals surface area (Å²) in [5.74, 6) is 0.704. The number of aliphatic imine (C=N–C) groups is 1. The third kappa shape index (κ3) is 8.19. The van der Waals surface area contributed by atoms with Crippen molar-refractivity contribution in [2.45, 2.75) is 13.5 Å². The Kier molecular flexibility index (Phi) is 8.45. The van der Waals surface area contributed by atoms with Gasteiger partial charge in [-0.15, -0.1) is 10.1 Å². The lowest BCUT2D eigenvalue weighted by atomic mass is 10.2. The fraction of sp³-hybridized carbons (Fsp3) is 0.333. The number of para-hydroxylation sites is 1. The Bertz CT molecular complexity index is 526. The van der Waals surface area contributed by atoms with Crippen LogP contribution in [-0.2, 0) is 6.54 Å². The third-order valence-electron chi connectivity index (χ3n) is 2.28. The summed E-state index contributed by atoms with van der Waals surface area (Å²) in [6.07, 6.45) is 0. The molecule has 6 N–H and O–H groups in total. The number of hydrogen-bond acceptors (Lipinski definition) is 4. The van der Waals surface area contributed by atoms with Crippen molar-refractivity contribution in [2.75, 3.05) is 13.7 Å². The lowest BCUT2D eigenvalue weighted by Gasteiger charge is -2.18. The molecule has 0 saturated carbocycles. The third-order valence-corrected chi connectivity index (χ3v) is 2.28. The van der Waals surface area contributed by atoms with E-state index in [1.54, 1.807) is 11.9 Å². The summed E-state index contributed by atoms with van der Waals surface area (Å²) in [6.45, 7) is 3.04. The van der Waals surface area contributed by atoms with Crippen LogP contribution < -0.4 is 16.2 Å². The lowest BCUT2D eigenvalue weighted by molar-refractivity contribution is -0.742. The van der Waals surface area contributed by atoms with Gasteiger partial charge in [-0.05, 0) is 13.0 Å². The Morgan fingerprint density at radius 2 is 2.05 bits per heavy atom. The molecule has 1 aromatic rings. The molecule has 10 heteroatoms. The number of nitrogens with two attached hydrogens (primary N) is 2. The zero-order chi connectivity index (χ0) is 17.1. The van der Waals surface area contributed by atoms with Crippen LogP contribution in [-0.4, -0.2) is 40.8 Å². The number of nitrogens with zero attached hydrogens (tertiary/aromatic N) is 3. The van der Waals surface area contributed by atoms with E-state index in [1.807, 2.05) is 31.2 Å². The highest BCUT2D eigenvalue weighted by molar-refractivity contribution is 5.91. The van der Waals surface area contributed by atoms with Gasteiger partial charge in [0.25, 0.3) is 5.09 Å². The summed E-state index contributed by atoms with van der Waals surface area (Å²) in [4.78, 5) is 13.7. The molecule has 10 nitrogen and oxygen atoms in total. The van der Waals surface area contributed by atoms with Gasteiger partial charge in [0.2, 0.25) is 5.96 Å². The Balaban J connectivity index is 0.000000980. The summed E-state index contributed by atoms with van der Waals surface area (Å²) in [5, 5.41) is 21.3. The van der Waals surface area contributed by atoms with Crippen molar-refractivity contribution in [2.24, 2.45) is 16.5 Å². The van der Waals surface area contributed by atoms with Gasteiger partial charge in [0.1, 0.15) is 5.75 Å². The van der Waals surface area contributed by atoms with Crippen LogP contribution in [0.5, 0.6) is 5.75 Å². The molecule has 0 aliphatic heterocycles. The van der Waals surface area contributed by atoms with E-state index in [0.29, 0.717) is 13.2 Å². The molecule has 0 atom stereocenters. The maximum Gasteiger partial charge on any atom is 0.291 e. The minimum Gasteiger partial charge on any atom is -0.494 e. The summed E-state index contributed by atoms with van der Waals surface area (Å²) < 4.78 is 5.52. The number of benzene rings is 1. The van der Waals surface area contributed by atoms with Crippen LogP contribution in [0.3, 0.4) is 0 Å². The molecular weight excluding hydrogens is 292 g/mol. The molecule has 0 aliphatic carbocycles. The van der Waals surface area contributed by atoms with Crippen LogP contribution in [0.4, 0.5) is 0 Å².